The van der Waals surface area contributed by atoms with E-state index < -0.39 is 5.82 Å². The minimum atomic E-state index is -0.481. The normalized spacial score (nSPS) is 11.4. The summed E-state index contributed by atoms with van der Waals surface area (Å²) in [5.74, 6) is 0.378. The molecule has 7 heteroatoms. The number of aromatic nitrogens is 4. The van der Waals surface area contributed by atoms with Crippen molar-refractivity contribution in [2.45, 2.75) is 12.8 Å². The van der Waals surface area contributed by atoms with Crippen LogP contribution in [0, 0.1) is 12.7 Å². The summed E-state index contributed by atoms with van der Waals surface area (Å²) in [5.41, 5.74) is 2.97. The van der Waals surface area contributed by atoms with E-state index in [1.165, 1.54) is 12.1 Å². The van der Waals surface area contributed by atoms with Gasteiger partial charge in [0.05, 0.1) is 22.3 Å². The number of benzene rings is 1. The van der Waals surface area contributed by atoms with Gasteiger partial charge in [-0.15, -0.1) is 11.6 Å². The van der Waals surface area contributed by atoms with Crippen LogP contribution in [0.2, 0.25) is 5.02 Å². The van der Waals surface area contributed by atoms with Gasteiger partial charge in [0.2, 0.25) is 0 Å². The Labute approximate surface area is 124 Å². The molecule has 0 unspecified atom stereocenters. The van der Waals surface area contributed by atoms with Gasteiger partial charge in [0.1, 0.15) is 17.2 Å². The predicted octanol–water partition coefficient (Wildman–Crippen LogP) is 3.60. The summed E-state index contributed by atoms with van der Waals surface area (Å²) in [5, 5.41) is 4.40. The number of fused-ring (bicyclic) bond motifs is 1. The number of alkyl halides is 1. The Hall–Kier alpha value is -1.59. The minimum absolute atomic E-state index is 0.0821. The van der Waals surface area contributed by atoms with Crippen molar-refractivity contribution < 1.29 is 4.39 Å². The first kappa shape index (κ1) is 13.4. The van der Waals surface area contributed by atoms with Crippen LogP contribution >= 0.6 is 23.2 Å². The van der Waals surface area contributed by atoms with E-state index in [4.69, 9.17) is 23.2 Å². The number of halogens is 3. The van der Waals surface area contributed by atoms with Gasteiger partial charge >= 0.3 is 0 Å². The Morgan fingerprint density at radius 1 is 1.35 bits per heavy atom. The fraction of sp³-hybridized carbons (Fsp3) is 0.231. The van der Waals surface area contributed by atoms with Crippen LogP contribution in [-0.4, -0.2) is 19.3 Å². The fourth-order valence-corrected chi connectivity index (χ4v) is 2.60. The molecule has 0 amide bonds. The third-order valence-electron chi connectivity index (χ3n) is 3.15. The summed E-state index contributed by atoms with van der Waals surface area (Å²) in [6.45, 7) is 1.88. The van der Waals surface area contributed by atoms with E-state index in [1.807, 2.05) is 14.0 Å². The lowest BCUT2D eigenvalue weighted by Crippen LogP contribution is -2.04. The Morgan fingerprint density at radius 3 is 2.75 bits per heavy atom. The van der Waals surface area contributed by atoms with Crippen molar-refractivity contribution in [3.63, 3.8) is 0 Å². The largest absolute Gasteiger partial charge is 0.280 e. The van der Waals surface area contributed by atoms with Crippen molar-refractivity contribution >= 4 is 34.4 Å². The molecule has 2 aromatic heterocycles. The second-order valence-corrected chi connectivity index (χ2v) is 5.15. The number of aryl methyl sites for hydroxylation is 2. The van der Waals surface area contributed by atoms with Crippen molar-refractivity contribution in [2.75, 3.05) is 0 Å². The Kier molecular flexibility index (Phi) is 3.18. The number of nitrogens with zero attached hydrogens (tertiary/aromatic N) is 4. The van der Waals surface area contributed by atoms with Crippen molar-refractivity contribution in [3.8, 4) is 5.69 Å². The van der Waals surface area contributed by atoms with E-state index in [-0.39, 0.29) is 10.9 Å². The molecule has 104 valence electrons. The first-order valence-corrected chi connectivity index (χ1v) is 6.86. The summed E-state index contributed by atoms with van der Waals surface area (Å²) in [4.78, 5) is 4.47. The molecule has 3 rings (SSSR count). The van der Waals surface area contributed by atoms with E-state index in [2.05, 4.69) is 10.1 Å². The van der Waals surface area contributed by atoms with Crippen LogP contribution < -0.4 is 0 Å². The quantitative estimate of drug-likeness (QED) is 0.678. The molecular formula is C13H11Cl2FN4. The van der Waals surface area contributed by atoms with Crippen LogP contribution in [0.3, 0.4) is 0 Å². The highest BCUT2D eigenvalue weighted by Gasteiger charge is 2.18. The Balaban J connectivity index is 2.36. The zero-order valence-electron chi connectivity index (χ0n) is 10.9. The molecule has 0 aliphatic rings. The van der Waals surface area contributed by atoms with Gasteiger partial charge in [-0.05, 0) is 25.1 Å². The number of rotatable bonds is 2. The molecule has 0 saturated heterocycles. The molecule has 0 N–H and O–H groups in total. The van der Waals surface area contributed by atoms with Crippen LogP contribution in [0.1, 0.15) is 11.5 Å². The van der Waals surface area contributed by atoms with Crippen LogP contribution in [0.25, 0.3) is 16.9 Å². The van der Waals surface area contributed by atoms with Gasteiger partial charge in [0.15, 0.2) is 5.65 Å². The van der Waals surface area contributed by atoms with Gasteiger partial charge in [-0.2, -0.15) is 5.10 Å². The van der Waals surface area contributed by atoms with Crippen LogP contribution in [0.5, 0.6) is 0 Å². The number of hydrogen-bond donors (Lipinski definition) is 0. The van der Waals surface area contributed by atoms with Crippen molar-refractivity contribution in [3.05, 3.63) is 40.6 Å². The second-order valence-electron chi connectivity index (χ2n) is 4.48. The first-order valence-electron chi connectivity index (χ1n) is 5.95. The highest BCUT2D eigenvalue weighted by Crippen LogP contribution is 2.26. The molecule has 0 aliphatic carbocycles. The Morgan fingerprint density at radius 2 is 2.10 bits per heavy atom. The van der Waals surface area contributed by atoms with E-state index in [9.17, 15) is 4.39 Å². The summed E-state index contributed by atoms with van der Waals surface area (Å²) < 4.78 is 17.2. The fourth-order valence-electron chi connectivity index (χ4n) is 2.30. The molecule has 2 heterocycles. The van der Waals surface area contributed by atoms with Crippen molar-refractivity contribution in [1.29, 1.82) is 0 Å². The molecule has 4 nitrogen and oxygen atoms in total. The lowest BCUT2D eigenvalue weighted by Gasteiger charge is -2.08. The summed E-state index contributed by atoms with van der Waals surface area (Å²) >= 11 is 11.7. The third kappa shape index (κ3) is 1.89. The zero-order chi connectivity index (χ0) is 14.4. The average molecular weight is 313 g/mol. The van der Waals surface area contributed by atoms with E-state index in [1.54, 1.807) is 15.3 Å². The standard InChI is InChI=1S/C13H11Cl2FN4/c1-7-12-13(19(2)18-7)20(11(6-14)17-12)8-3-4-9(15)10(16)5-8/h3-5H,6H2,1-2H3. The monoisotopic (exact) mass is 312 g/mol. The average Bonchev–Trinajstić information content (AvgIpc) is 2.92. The molecule has 0 bridgehead atoms. The summed E-state index contributed by atoms with van der Waals surface area (Å²) in [6.07, 6.45) is 0. The van der Waals surface area contributed by atoms with Gasteiger partial charge in [0.25, 0.3) is 0 Å². The topological polar surface area (TPSA) is 35.6 Å². The van der Waals surface area contributed by atoms with Crippen LogP contribution in [-0.2, 0) is 12.9 Å². The molecule has 0 spiro atoms. The molecular weight excluding hydrogens is 302 g/mol. The maximum Gasteiger partial charge on any atom is 0.163 e. The second kappa shape index (κ2) is 4.75. The van der Waals surface area contributed by atoms with Crippen molar-refractivity contribution in [2.24, 2.45) is 7.05 Å². The molecule has 0 aliphatic heterocycles. The zero-order valence-corrected chi connectivity index (χ0v) is 12.4. The molecule has 0 saturated carbocycles. The molecule has 1 aromatic carbocycles. The third-order valence-corrected chi connectivity index (χ3v) is 3.70. The van der Waals surface area contributed by atoms with Gasteiger partial charge in [-0.1, -0.05) is 11.6 Å². The molecule has 0 fully saturated rings. The van der Waals surface area contributed by atoms with Crippen molar-refractivity contribution in [1.82, 2.24) is 19.3 Å². The van der Waals surface area contributed by atoms with Gasteiger partial charge in [0, 0.05) is 7.05 Å². The van der Waals surface area contributed by atoms with Gasteiger partial charge in [-0.25, -0.2) is 14.1 Å². The predicted molar refractivity (Wildman–Crippen MR) is 77.1 cm³/mol. The lowest BCUT2D eigenvalue weighted by atomic mass is 10.3. The van der Waals surface area contributed by atoms with Crippen LogP contribution in [0.15, 0.2) is 18.2 Å². The van der Waals surface area contributed by atoms with E-state index >= 15 is 0 Å². The van der Waals surface area contributed by atoms with E-state index in [0.29, 0.717) is 11.5 Å². The SMILES string of the molecule is Cc1nn(C)c2c1nc(CCl)n2-c1ccc(Cl)c(F)c1. The smallest absolute Gasteiger partial charge is 0.163 e. The number of imidazole rings is 1. The Bertz CT molecular complexity index is 806. The van der Waals surface area contributed by atoms with Crippen LogP contribution in [0.4, 0.5) is 4.39 Å². The minimum Gasteiger partial charge on any atom is -0.280 e. The summed E-state index contributed by atoms with van der Waals surface area (Å²) in [6, 6.07) is 4.60. The first-order chi connectivity index (χ1) is 9.52. The van der Waals surface area contributed by atoms with E-state index in [0.717, 1.165) is 16.9 Å². The highest BCUT2D eigenvalue weighted by molar-refractivity contribution is 6.30. The number of hydrogen-bond acceptors (Lipinski definition) is 2. The van der Waals surface area contributed by atoms with Gasteiger partial charge < -0.3 is 0 Å². The van der Waals surface area contributed by atoms with Gasteiger partial charge in [-0.3, -0.25) is 4.57 Å². The summed E-state index contributed by atoms with van der Waals surface area (Å²) in [7, 11) is 1.82. The molecule has 0 atom stereocenters. The molecule has 3 aromatic rings. The maximum absolute atomic E-state index is 13.7. The maximum atomic E-state index is 13.7. The lowest BCUT2D eigenvalue weighted by molar-refractivity contribution is 0.626. The molecule has 20 heavy (non-hydrogen) atoms. The molecule has 0 radical (unpaired) electrons. The highest BCUT2D eigenvalue weighted by atomic mass is 35.5.